The highest BCUT2D eigenvalue weighted by Crippen LogP contribution is 2.30. The first-order chi connectivity index (χ1) is 14.6. The molecule has 1 aliphatic carbocycles. The fraction of sp³-hybridized carbons (Fsp3) is 0.261. The maximum Gasteiger partial charge on any atom is 0.320 e. The van der Waals surface area contributed by atoms with Crippen molar-refractivity contribution in [2.24, 2.45) is 0 Å². The monoisotopic (exact) mass is 405 g/mol. The number of fused-ring (bicyclic) bond motifs is 1. The smallest absolute Gasteiger partial charge is 0.320 e. The molecule has 4 rings (SSSR count). The number of carbonyl (C=O) groups excluding carboxylic acids is 1. The van der Waals surface area contributed by atoms with Gasteiger partial charge in [0.2, 0.25) is 5.91 Å². The molecule has 1 amide bonds. The summed E-state index contributed by atoms with van der Waals surface area (Å²) in [5.74, 6) is 0.393. The van der Waals surface area contributed by atoms with Crippen LogP contribution in [0.3, 0.4) is 0 Å². The first-order valence-electron chi connectivity index (χ1n) is 9.99. The van der Waals surface area contributed by atoms with E-state index < -0.39 is 11.1 Å². The summed E-state index contributed by atoms with van der Waals surface area (Å²) >= 11 is 0. The van der Waals surface area contributed by atoms with E-state index in [-0.39, 0.29) is 18.5 Å². The van der Waals surface area contributed by atoms with Gasteiger partial charge in [-0.05, 0) is 55.2 Å². The lowest BCUT2D eigenvalue weighted by atomic mass is 10.1. The number of hydrogen-bond acceptors (Lipinski definition) is 4. The standard InChI is InChI=1S/C23H23N3O4/c1-2-30-18-10-8-17(9-11-18)26-14-13-25(22(28)23(26)29)15-21(27)24-20-12-7-16-5-3-4-6-19(16)20/h3-6,8-11,13-14,20H,2,7,12,15H2,1H3,(H,24,27)/t20-/m1/s1. The van der Waals surface area contributed by atoms with E-state index in [1.165, 1.54) is 22.5 Å². The molecule has 1 aliphatic rings. The Bertz CT molecular complexity index is 1180. The number of hydrogen-bond donors (Lipinski definition) is 1. The Morgan fingerprint density at radius 2 is 1.83 bits per heavy atom. The molecule has 0 bridgehead atoms. The number of aromatic nitrogens is 2. The summed E-state index contributed by atoms with van der Waals surface area (Å²) in [4.78, 5) is 37.6. The molecule has 1 N–H and O–H groups in total. The molecule has 1 heterocycles. The van der Waals surface area contributed by atoms with Gasteiger partial charge in [0.1, 0.15) is 12.3 Å². The SMILES string of the molecule is CCOc1ccc(-n2ccn(CC(=O)N[C@@H]3CCc4ccccc43)c(=O)c2=O)cc1. The summed E-state index contributed by atoms with van der Waals surface area (Å²) in [6.45, 7) is 2.24. The third kappa shape index (κ3) is 3.91. The molecule has 154 valence electrons. The van der Waals surface area contributed by atoms with E-state index in [0.29, 0.717) is 18.0 Å². The fourth-order valence-corrected chi connectivity index (χ4v) is 3.81. The topological polar surface area (TPSA) is 82.3 Å². The fourth-order valence-electron chi connectivity index (χ4n) is 3.81. The number of nitrogens with zero attached hydrogens (tertiary/aromatic N) is 2. The van der Waals surface area contributed by atoms with Crippen LogP contribution < -0.4 is 21.2 Å². The molecule has 2 aromatic carbocycles. The molecule has 0 aliphatic heterocycles. The highest BCUT2D eigenvalue weighted by molar-refractivity contribution is 5.76. The Balaban J connectivity index is 1.49. The summed E-state index contributed by atoms with van der Waals surface area (Å²) < 4.78 is 7.80. The Labute approximate surface area is 173 Å². The van der Waals surface area contributed by atoms with Crippen LogP contribution in [0.2, 0.25) is 0 Å². The van der Waals surface area contributed by atoms with E-state index in [4.69, 9.17) is 4.74 Å². The number of carbonyl (C=O) groups is 1. The Hall–Kier alpha value is -3.61. The van der Waals surface area contributed by atoms with Gasteiger partial charge in [-0.1, -0.05) is 24.3 Å². The maximum absolute atomic E-state index is 12.6. The van der Waals surface area contributed by atoms with Crippen LogP contribution in [-0.2, 0) is 17.8 Å². The number of aryl methyl sites for hydroxylation is 1. The van der Waals surface area contributed by atoms with Crippen LogP contribution in [0.15, 0.2) is 70.5 Å². The molecule has 30 heavy (non-hydrogen) atoms. The molecule has 0 fully saturated rings. The van der Waals surface area contributed by atoms with Crippen LogP contribution in [0, 0.1) is 0 Å². The largest absolute Gasteiger partial charge is 0.494 e. The molecule has 1 atom stereocenters. The molecule has 0 saturated carbocycles. The summed E-state index contributed by atoms with van der Waals surface area (Å²) in [5, 5.41) is 2.97. The average molecular weight is 405 g/mol. The molecule has 7 nitrogen and oxygen atoms in total. The normalized spacial score (nSPS) is 14.9. The van der Waals surface area contributed by atoms with Gasteiger partial charge in [0, 0.05) is 18.1 Å². The Morgan fingerprint density at radius 1 is 1.07 bits per heavy atom. The molecule has 7 heteroatoms. The van der Waals surface area contributed by atoms with Crippen molar-refractivity contribution < 1.29 is 9.53 Å². The highest BCUT2D eigenvalue weighted by atomic mass is 16.5. The van der Waals surface area contributed by atoms with Crippen molar-refractivity contribution in [1.82, 2.24) is 14.5 Å². The summed E-state index contributed by atoms with van der Waals surface area (Å²) in [7, 11) is 0. The van der Waals surface area contributed by atoms with Crippen molar-refractivity contribution >= 4 is 5.91 Å². The van der Waals surface area contributed by atoms with E-state index in [9.17, 15) is 14.4 Å². The van der Waals surface area contributed by atoms with Crippen molar-refractivity contribution in [3.05, 3.63) is 92.8 Å². The minimum Gasteiger partial charge on any atom is -0.494 e. The first-order valence-corrected chi connectivity index (χ1v) is 9.99. The Kier molecular flexibility index (Phi) is 5.52. The van der Waals surface area contributed by atoms with Gasteiger partial charge in [0.15, 0.2) is 0 Å². The van der Waals surface area contributed by atoms with Crippen molar-refractivity contribution in [2.45, 2.75) is 32.4 Å². The van der Waals surface area contributed by atoms with Gasteiger partial charge in [-0.25, -0.2) is 0 Å². The highest BCUT2D eigenvalue weighted by Gasteiger charge is 2.23. The minimum absolute atomic E-state index is 0.0615. The van der Waals surface area contributed by atoms with Crippen LogP contribution in [-0.4, -0.2) is 21.6 Å². The van der Waals surface area contributed by atoms with E-state index in [1.807, 2.05) is 25.1 Å². The molecule has 0 spiro atoms. The van der Waals surface area contributed by atoms with Gasteiger partial charge < -0.3 is 10.1 Å². The Morgan fingerprint density at radius 3 is 2.60 bits per heavy atom. The summed E-state index contributed by atoms with van der Waals surface area (Å²) in [6.07, 6.45) is 4.71. The van der Waals surface area contributed by atoms with Gasteiger partial charge in [-0.2, -0.15) is 0 Å². The van der Waals surface area contributed by atoms with Gasteiger partial charge >= 0.3 is 11.1 Å². The second kappa shape index (κ2) is 8.41. The zero-order valence-electron chi connectivity index (χ0n) is 16.7. The lowest BCUT2D eigenvalue weighted by Crippen LogP contribution is -2.42. The van der Waals surface area contributed by atoms with E-state index >= 15 is 0 Å². The van der Waals surface area contributed by atoms with E-state index in [0.717, 1.165) is 23.0 Å². The summed E-state index contributed by atoms with van der Waals surface area (Å²) in [6, 6.07) is 14.8. The van der Waals surface area contributed by atoms with Gasteiger partial charge in [-0.3, -0.25) is 23.5 Å². The number of rotatable bonds is 6. The van der Waals surface area contributed by atoms with Crippen LogP contribution >= 0.6 is 0 Å². The van der Waals surface area contributed by atoms with Crippen LogP contribution in [0.25, 0.3) is 5.69 Å². The summed E-state index contributed by atoms with van der Waals surface area (Å²) in [5.41, 5.74) is 1.45. The van der Waals surface area contributed by atoms with Gasteiger partial charge in [0.05, 0.1) is 12.6 Å². The van der Waals surface area contributed by atoms with Crippen molar-refractivity contribution in [3.8, 4) is 11.4 Å². The second-order valence-corrected chi connectivity index (χ2v) is 7.19. The van der Waals surface area contributed by atoms with Crippen molar-refractivity contribution in [2.75, 3.05) is 6.61 Å². The van der Waals surface area contributed by atoms with E-state index in [2.05, 4.69) is 11.4 Å². The predicted molar refractivity (Wildman–Crippen MR) is 113 cm³/mol. The average Bonchev–Trinajstić information content (AvgIpc) is 3.15. The lowest BCUT2D eigenvalue weighted by Gasteiger charge is -2.15. The maximum atomic E-state index is 12.6. The first kappa shape index (κ1) is 19.7. The van der Waals surface area contributed by atoms with Gasteiger partial charge in [0.25, 0.3) is 0 Å². The molecule has 3 aromatic rings. The lowest BCUT2D eigenvalue weighted by molar-refractivity contribution is -0.122. The quantitative estimate of drug-likeness (QED) is 0.638. The predicted octanol–water partition coefficient (Wildman–Crippen LogP) is 2.20. The van der Waals surface area contributed by atoms with Crippen molar-refractivity contribution in [3.63, 3.8) is 0 Å². The molecule has 0 unspecified atom stereocenters. The second-order valence-electron chi connectivity index (χ2n) is 7.19. The molecular weight excluding hydrogens is 382 g/mol. The molecule has 0 saturated heterocycles. The number of benzene rings is 2. The molecular formula is C23H23N3O4. The third-order valence-electron chi connectivity index (χ3n) is 5.27. The van der Waals surface area contributed by atoms with Crippen molar-refractivity contribution in [1.29, 1.82) is 0 Å². The zero-order valence-corrected chi connectivity index (χ0v) is 16.7. The third-order valence-corrected chi connectivity index (χ3v) is 5.27. The number of nitrogens with one attached hydrogen (secondary N) is 1. The van der Waals surface area contributed by atoms with Crippen LogP contribution in [0.5, 0.6) is 5.75 Å². The number of ether oxygens (including phenoxy) is 1. The van der Waals surface area contributed by atoms with E-state index in [1.54, 1.807) is 24.3 Å². The molecule has 1 aromatic heterocycles. The zero-order chi connectivity index (χ0) is 21.1. The molecule has 0 radical (unpaired) electrons. The van der Waals surface area contributed by atoms with Crippen LogP contribution in [0.4, 0.5) is 0 Å². The van der Waals surface area contributed by atoms with Gasteiger partial charge in [-0.15, -0.1) is 0 Å². The number of amides is 1. The minimum atomic E-state index is -0.742. The van der Waals surface area contributed by atoms with Crippen LogP contribution in [0.1, 0.15) is 30.5 Å².